The van der Waals surface area contributed by atoms with E-state index in [2.05, 4.69) is 4.72 Å². The zero-order valence-electron chi connectivity index (χ0n) is 8.16. The summed E-state index contributed by atoms with van der Waals surface area (Å²) in [6.45, 7) is 0.770. The number of benzene rings is 1. The van der Waals surface area contributed by atoms with Crippen molar-refractivity contribution in [1.29, 1.82) is 0 Å². The highest BCUT2D eigenvalue weighted by Crippen LogP contribution is 2.18. The van der Waals surface area contributed by atoms with Crippen molar-refractivity contribution in [2.24, 2.45) is 0 Å². The monoisotopic (exact) mass is 213 g/mol. The lowest BCUT2D eigenvalue weighted by atomic mass is 10.1. The smallest absolute Gasteiger partial charge is 0.121 e. The van der Waals surface area contributed by atoms with Crippen LogP contribution in [0, 0.1) is 0 Å². The molecule has 0 aliphatic heterocycles. The van der Waals surface area contributed by atoms with Gasteiger partial charge in [-0.15, -0.1) is 0 Å². The third kappa shape index (κ3) is 3.21. The van der Waals surface area contributed by atoms with Crippen LogP contribution in [0.5, 0.6) is 5.75 Å². The number of aliphatic hydroxyl groups is 1. The van der Waals surface area contributed by atoms with Gasteiger partial charge in [0.2, 0.25) is 0 Å². The second-order valence-corrected chi connectivity index (χ2v) is 3.67. The molecular weight excluding hydrogens is 198 g/mol. The molecule has 1 aromatic carbocycles. The number of rotatable bonds is 5. The van der Waals surface area contributed by atoms with Crippen LogP contribution < -0.4 is 4.72 Å². The Bertz CT molecular complexity index is 291. The molecule has 4 heteroatoms. The summed E-state index contributed by atoms with van der Waals surface area (Å²) in [6, 6.07) is 5.33. The molecule has 3 N–H and O–H groups in total. The van der Waals surface area contributed by atoms with Crippen molar-refractivity contribution in [3.8, 4) is 5.75 Å². The van der Waals surface area contributed by atoms with Gasteiger partial charge in [-0.25, -0.2) is 0 Å². The molecule has 0 fully saturated rings. The van der Waals surface area contributed by atoms with Gasteiger partial charge in [-0.05, 0) is 30.4 Å². The highest BCUT2D eigenvalue weighted by Gasteiger charge is 2.01. The molecule has 0 saturated heterocycles. The highest BCUT2D eigenvalue weighted by atomic mass is 32.2. The molecule has 0 heterocycles. The van der Waals surface area contributed by atoms with E-state index >= 15 is 0 Å². The maximum absolute atomic E-state index is 9.33. The lowest BCUT2D eigenvalue weighted by Gasteiger charge is -2.05. The fourth-order valence-electron chi connectivity index (χ4n) is 1.22. The summed E-state index contributed by atoms with van der Waals surface area (Å²) >= 11 is 1.59. The standard InChI is InChI=1S/C10H15NO2S/c1-14-11-5-4-8-2-3-10(13)9(6-8)7-12/h2-3,6,11-13H,4-5,7H2,1H3. The number of aromatic hydroxyl groups is 1. The topological polar surface area (TPSA) is 52.5 Å². The molecule has 0 aromatic heterocycles. The molecule has 3 nitrogen and oxygen atoms in total. The van der Waals surface area contributed by atoms with Crippen molar-refractivity contribution in [2.45, 2.75) is 13.0 Å². The second-order valence-electron chi connectivity index (χ2n) is 2.97. The van der Waals surface area contributed by atoms with Crippen LogP contribution in [-0.2, 0) is 13.0 Å². The Labute approximate surface area is 88.3 Å². The Balaban J connectivity index is 2.60. The zero-order chi connectivity index (χ0) is 10.4. The van der Waals surface area contributed by atoms with E-state index in [-0.39, 0.29) is 12.4 Å². The maximum Gasteiger partial charge on any atom is 0.121 e. The van der Waals surface area contributed by atoms with E-state index in [4.69, 9.17) is 5.11 Å². The summed E-state index contributed by atoms with van der Waals surface area (Å²) in [5, 5.41) is 18.3. The number of aliphatic hydroxyl groups excluding tert-OH is 1. The van der Waals surface area contributed by atoms with Gasteiger partial charge in [-0.1, -0.05) is 18.0 Å². The first kappa shape index (κ1) is 11.4. The van der Waals surface area contributed by atoms with Gasteiger partial charge in [0.1, 0.15) is 5.75 Å². The van der Waals surface area contributed by atoms with Crippen LogP contribution >= 0.6 is 11.9 Å². The van der Waals surface area contributed by atoms with Crippen molar-refractivity contribution in [3.05, 3.63) is 29.3 Å². The Morgan fingerprint density at radius 2 is 2.21 bits per heavy atom. The van der Waals surface area contributed by atoms with Gasteiger partial charge in [-0.2, -0.15) is 0 Å². The summed E-state index contributed by atoms with van der Waals surface area (Å²) in [5.74, 6) is 0.161. The molecule has 14 heavy (non-hydrogen) atoms. The summed E-state index contributed by atoms with van der Waals surface area (Å²) in [6.07, 6.45) is 2.88. The van der Waals surface area contributed by atoms with Crippen LogP contribution in [0.1, 0.15) is 11.1 Å². The van der Waals surface area contributed by atoms with Gasteiger partial charge in [0.25, 0.3) is 0 Å². The van der Waals surface area contributed by atoms with Gasteiger partial charge < -0.3 is 10.2 Å². The fourth-order valence-corrected chi connectivity index (χ4v) is 1.52. The molecule has 0 unspecified atom stereocenters. The molecule has 0 saturated carbocycles. The summed E-state index contributed by atoms with van der Waals surface area (Å²) in [4.78, 5) is 0. The van der Waals surface area contributed by atoms with Crippen molar-refractivity contribution < 1.29 is 10.2 Å². The van der Waals surface area contributed by atoms with E-state index in [1.807, 2.05) is 18.4 Å². The SMILES string of the molecule is CSNCCc1ccc(O)c(CO)c1. The lowest BCUT2D eigenvalue weighted by Crippen LogP contribution is -2.07. The van der Waals surface area contributed by atoms with Gasteiger partial charge in [0.05, 0.1) is 6.61 Å². The van der Waals surface area contributed by atoms with Gasteiger partial charge in [0.15, 0.2) is 0 Å². The third-order valence-corrected chi connectivity index (χ3v) is 2.47. The summed E-state index contributed by atoms with van der Waals surface area (Å²) in [5.41, 5.74) is 1.71. The minimum atomic E-state index is -0.115. The van der Waals surface area contributed by atoms with Crippen LogP contribution in [0.25, 0.3) is 0 Å². The van der Waals surface area contributed by atoms with E-state index in [0.29, 0.717) is 5.56 Å². The molecule has 0 radical (unpaired) electrons. The van der Waals surface area contributed by atoms with Crippen LogP contribution in [0.15, 0.2) is 18.2 Å². The highest BCUT2D eigenvalue weighted by molar-refractivity contribution is 7.96. The quantitative estimate of drug-likeness (QED) is 0.509. The zero-order valence-corrected chi connectivity index (χ0v) is 8.97. The first-order valence-corrected chi connectivity index (χ1v) is 5.68. The minimum Gasteiger partial charge on any atom is -0.508 e. The molecule has 0 aliphatic rings. The second kappa shape index (κ2) is 5.90. The van der Waals surface area contributed by atoms with Crippen molar-refractivity contribution in [1.82, 2.24) is 4.72 Å². The molecule has 0 spiro atoms. The van der Waals surface area contributed by atoms with E-state index in [1.54, 1.807) is 18.0 Å². The first-order valence-electron chi connectivity index (χ1n) is 4.45. The first-order chi connectivity index (χ1) is 6.77. The van der Waals surface area contributed by atoms with E-state index in [0.717, 1.165) is 18.5 Å². The third-order valence-electron chi connectivity index (χ3n) is 1.97. The number of hydrogen-bond donors (Lipinski definition) is 3. The lowest BCUT2D eigenvalue weighted by molar-refractivity contribution is 0.275. The molecule has 78 valence electrons. The summed E-state index contributed by atoms with van der Waals surface area (Å²) < 4.78 is 3.14. The van der Waals surface area contributed by atoms with Crippen molar-refractivity contribution >= 4 is 11.9 Å². The average Bonchev–Trinajstić information content (AvgIpc) is 2.21. The van der Waals surface area contributed by atoms with Crippen LogP contribution in [0.3, 0.4) is 0 Å². The Kier molecular flexibility index (Phi) is 4.79. The van der Waals surface area contributed by atoms with Crippen molar-refractivity contribution in [3.63, 3.8) is 0 Å². The Morgan fingerprint density at radius 3 is 2.86 bits per heavy atom. The normalized spacial score (nSPS) is 10.4. The molecule has 1 aromatic rings. The van der Waals surface area contributed by atoms with Gasteiger partial charge in [-0.3, -0.25) is 4.72 Å². The molecule has 1 rings (SSSR count). The van der Waals surface area contributed by atoms with Crippen LogP contribution in [0.4, 0.5) is 0 Å². The average molecular weight is 213 g/mol. The fraction of sp³-hybridized carbons (Fsp3) is 0.400. The number of nitrogens with one attached hydrogen (secondary N) is 1. The minimum absolute atomic E-state index is 0.115. The number of hydrogen-bond acceptors (Lipinski definition) is 4. The van der Waals surface area contributed by atoms with E-state index in [9.17, 15) is 5.11 Å². The predicted molar refractivity (Wildman–Crippen MR) is 59.3 cm³/mol. The molecule has 0 atom stereocenters. The predicted octanol–water partition coefficient (Wildman–Crippen LogP) is 1.29. The Hall–Kier alpha value is -0.710. The largest absolute Gasteiger partial charge is 0.508 e. The summed E-state index contributed by atoms with van der Waals surface area (Å²) in [7, 11) is 0. The maximum atomic E-state index is 9.33. The van der Waals surface area contributed by atoms with Gasteiger partial charge in [0, 0.05) is 12.1 Å². The molecule has 0 aliphatic carbocycles. The molecule has 0 amide bonds. The van der Waals surface area contributed by atoms with Crippen molar-refractivity contribution in [2.75, 3.05) is 12.8 Å². The van der Waals surface area contributed by atoms with Crippen LogP contribution in [0.2, 0.25) is 0 Å². The van der Waals surface area contributed by atoms with E-state index < -0.39 is 0 Å². The Morgan fingerprint density at radius 1 is 1.43 bits per heavy atom. The molecule has 0 bridgehead atoms. The van der Waals surface area contributed by atoms with Crippen LogP contribution in [-0.4, -0.2) is 23.0 Å². The molecular formula is C10H15NO2S. The van der Waals surface area contributed by atoms with Gasteiger partial charge >= 0.3 is 0 Å². The van der Waals surface area contributed by atoms with E-state index in [1.165, 1.54) is 0 Å². The number of phenols is 1.